The number of hydrogen-bond donors (Lipinski definition) is 2. The highest BCUT2D eigenvalue weighted by molar-refractivity contribution is 6.30. The van der Waals surface area contributed by atoms with Gasteiger partial charge in [0.1, 0.15) is 12.3 Å². The van der Waals surface area contributed by atoms with Gasteiger partial charge >= 0.3 is 0 Å². The maximum atomic E-state index is 11.3. The SMILES string of the molecule is CCNCc1cc(Cl)ccc1OCC(=O)NCC#N. The lowest BCUT2D eigenvalue weighted by atomic mass is 10.2. The molecule has 0 bridgehead atoms. The zero-order valence-electron chi connectivity index (χ0n) is 10.7. The Kier molecular flexibility index (Phi) is 6.72. The van der Waals surface area contributed by atoms with Gasteiger partial charge in [0.25, 0.3) is 5.91 Å². The second kappa shape index (κ2) is 8.35. The van der Waals surface area contributed by atoms with E-state index in [0.717, 1.165) is 12.1 Å². The molecule has 1 aromatic carbocycles. The van der Waals surface area contributed by atoms with Crippen LogP contribution in [0.2, 0.25) is 5.02 Å². The van der Waals surface area contributed by atoms with Gasteiger partial charge in [0.15, 0.2) is 6.61 Å². The molecule has 0 fully saturated rings. The molecule has 102 valence electrons. The van der Waals surface area contributed by atoms with Gasteiger partial charge in [0, 0.05) is 17.1 Å². The van der Waals surface area contributed by atoms with E-state index in [-0.39, 0.29) is 19.1 Å². The van der Waals surface area contributed by atoms with Crippen LogP contribution in [0.3, 0.4) is 0 Å². The highest BCUT2D eigenvalue weighted by atomic mass is 35.5. The molecule has 0 aliphatic carbocycles. The second-order valence-corrected chi connectivity index (χ2v) is 4.19. The minimum atomic E-state index is -0.328. The fourth-order valence-electron chi connectivity index (χ4n) is 1.42. The first-order valence-electron chi connectivity index (χ1n) is 5.93. The van der Waals surface area contributed by atoms with Gasteiger partial charge in [-0.1, -0.05) is 18.5 Å². The number of amides is 1. The molecule has 6 heteroatoms. The first-order chi connectivity index (χ1) is 9.17. The molecule has 0 atom stereocenters. The van der Waals surface area contributed by atoms with Crippen molar-refractivity contribution < 1.29 is 9.53 Å². The van der Waals surface area contributed by atoms with Crippen molar-refractivity contribution in [2.45, 2.75) is 13.5 Å². The van der Waals surface area contributed by atoms with Crippen molar-refractivity contribution in [1.82, 2.24) is 10.6 Å². The molecule has 5 nitrogen and oxygen atoms in total. The van der Waals surface area contributed by atoms with E-state index in [1.807, 2.05) is 13.0 Å². The van der Waals surface area contributed by atoms with E-state index in [0.29, 0.717) is 17.3 Å². The van der Waals surface area contributed by atoms with E-state index in [9.17, 15) is 4.79 Å². The zero-order chi connectivity index (χ0) is 14.1. The molecule has 0 aromatic heterocycles. The molecule has 1 aromatic rings. The minimum absolute atomic E-state index is 0.0208. The molecule has 0 aliphatic heterocycles. The lowest BCUT2D eigenvalue weighted by Crippen LogP contribution is -2.29. The molecule has 0 heterocycles. The largest absolute Gasteiger partial charge is 0.483 e. The molecule has 0 saturated heterocycles. The Hall–Kier alpha value is -1.77. The number of nitrogens with zero attached hydrogens (tertiary/aromatic N) is 1. The van der Waals surface area contributed by atoms with Crippen LogP contribution in [0.5, 0.6) is 5.75 Å². The van der Waals surface area contributed by atoms with Gasteiger partial charge in [-0.2, -0.15) is 5.26 Å². The third-order valence-electron chi connectivity index (χ3n) is 2.31. The summed E-state index contributed by atoms with van der Waals surface area (Å²) < 4.78 is 5.43. The fraction of sp³-hybridized carbons (Fsp3) is 0.385. The molecule has 1 amide bonds. The van der Waals surface area contributed by atoms with E-state index in [2.05, 4.69) is 10.6 Å². The van der Waals surface area contributed by atoms with Crippen molar-refractivity contribution in [3.63, 3.8) is 0 Å². The fourth-order valence-corrected chi connectivity index (χ4v) is 1.61. The average Bonchev–Trinajstić information content (AvgIpc) is 2.41. The molecule has 19 heavy (non-hydrogen) atoms. The van der Waals surface area contributed by atoms with E-state index < -0.39 is 0 Å². The van der Waals surface area contributed by atoms with Crippen molar-refractivity contribution in [2.24, 2.45) is 0 Å². The lowest BCUT2D eigenvalue weighted by Gasteiger charge is -2.12. The number of hydrogen-bond acceptors (Lipinski definition) is 4. The Bertz CT molecular complexity index is 471. The van der Waals surface area contributed by atoms with Crippen molar-refractivity contribution in [2.75, 3.05) is 19.7 Å². The van der Waals surface area contributed by atoms with Crippen LogP contribution in [0.15, 0.2) is 18.2 Å². The topological polar surface area (TPSA) is 74.2 Å². The third-order valence-corrected chi connectivity index (χ3v) is 2.55. The summed E-state index contributed by atoms with van der Waals surface area (Å²) in [5.41, 5.74) is 0.891. The standard InChI is InChI=1S/C13H16ClN3O2/c1-2-16-8-10-7-11(14)3-4-12(10)19-9-13(18)17-6-5-15/h3-4,7,16H,2,6,8-9H2,1H3,(H,17,18). The van der Waals surface area contributed by atoms with E-state index in [4.69, 9.17) is 21.6 Å². The molecule has 0 radical (unpaired) electrons. The number of carbonyl (C=O) groups is 1. The molecular weight excluding hydrogens is 266 g/mol. The summed E-state index contributed by atoms with van der Waals surface area (Å²) in [6.07, 6.45) is 0. The summed E-state index contributed by atoms with van der Waals surface area (Å²) in [6, 6.07) is 7.06. The van der Waals surface area contributed by atoms with Crippen molar-refractivity contribution in [1.29, 1.82) is 5.26 Å². The van der Waals surface area contributed by atoms with Gasteiger partial charge in [-0.15, -0.1) is 0 Å². The van der Waals surface area contributed by atoms with Crippen LogP contribution in [-0.2, 0) is 11.3 Å². The highest BCUT2D eigenvalue weighted by Crippen LogP contribution is 2.22. The Morgan fingerprint density at radius 3 is 3.00 bits per heavy atom. The summed E-state index contributed by atoms with van der Waals surface area (Å²) in [4.78, 5) is 11.3. The normalized spacial score (nSPS) is 9.74. The van der Waals surface area contributed by atoms with Gasteiger partial charge in [0.05, 0.1) is 6.07 Å². The van der Waals surface area contributed by atoms with Crippen molar-refractivity contribution in [3.05, 3.63) is 28.8 Å². The van der Waals surface area contributed by atoms with Crippen molar-refractivity contribution in [3.8, 4) is 11.8 Å². The monoisotopic (exact) mass is 281 g/mol. The molecule has 0 unspecified atom stereocenters. The Balaban J connectivity index is 2.61. The van der Waals surface area contributed by atoms with Gasteiger partial charge in [0.2, 0.25) is 0 Å². The maximum absolute atomic E-state index is 11.3. The summed E-state index contributed by atoms with van der Waals surface area (Å²) in [7, 11) is 0. The second-order valence-electron chi connectivity index (χ2n) is 3.76. The van der Waals surface area contributed by atoms with Gasteiger partial charge < -0.3 is 15.4 Å². The highest BCUT2D eigenvalue weighted by Gasteiger charge is 2.07. The summed E-state index contributed by atoms with van der Waals surface area (Å²) in [5, 5.41) is 14.5. The first-order valence-corrected chi connectivity index (χ1v) is 6.30. The number of rotatable bonds is 7. The third kappa shape index (κ3) is 5.60. The number of halogens is 1. The zero-order valence-corrected chi connectivity index (χ0v) is 11.5. The Labute approximate surface area is 117 Å². The molecule has 1 rings (SSSR count). The minimum Gasteiger partial charge on any atom is -0.483 e. The van der Waals surface area contributed by atoms with E-state index in [1.165, 1.54) is 0 Å². The molecular formula is C13H16ClN3O2. The van der Waals surface area contributed by atoms with Gasteiger partial charge in [-0.25, -0.2) is 0 Å². The van der Waals surface area contributed by atoms with Gasteiger partial charge in [-0.05, 0) is 24.7 Å². The van der Waals surface area contributed by atoms with Crippen LogP contribution in [0.25, 0.3) is 0 Å². The number of nitrogens with one attached hydrogen (secondary N) is 2. The Morgan fingerprint density at radius 1 is 1.53 bits per heavy atom. The predicted molar refractivity (Wildman–Crippen MR) is 73.0 cm³/mol. The number of carbonyl (C=O) groups excluding carboxylic acids is 1. The van der Waals surface area contributed by atoms with Crippen LogP contribution in [0.4, 0.5) is 0 Å². The smallest absolute Gasteiger partial charge is 0.258 e. The van der Waals surface area contributed by atoms with Crippen LogP contribution >= 0.6 is 11.6 Å². The summed E-state index contributed by atoms with van der Waals surface area (Å²) in [6.45, 7) is 3.30. The number of nitriles is 1. The van der Waals surface area contributed by atoms with E-state index in [1.54, 1.807) is 18.2 Å². The van der Waals surface area contributed by atoms with Crippen molar-refractivity contribution >= 4 is 17.5 Å². The van der Waals surface area contributed by atoms with E-state index >= 15 is 0 Å². The molecule has 0 aliphatic rings. The van der Waals surface area contributed by atoms with Gasteiger partial charge in [-0.3, -0.25) is 4.79 Å². The number of benzene rings is 1. The van der Waals surface area contributed by atoms with Crippen LogP contribution < -0.4 is 15.4 Å². The summed E-state index contributed by atoms with van der Waals surface area (Å²) in [5.74, 6) is 0.281. The van der Waals surface area contributed by atoms with Crippen LogP contribution in [0, 0.1) is 11.3 Å². The van der Waals surface area contributed by atoms with Crippen LogP contribution in [-0.4, -0.2) is 25.6 Å². The summed E-state index contributed by atoms with van der Waals surface area (Å²) >= 11 is 5.93. The first kappa shape index (κ1) is 15.3. The lowest BCUT2D eigenvalue weighted by molar-refractivity contribution is -0.122. The number of ether oxygens (including phenoxy) is 1. The maximum Gasteiger partial charge on any atom is 0.258 e. The molecule has 0 saturated carbocycles. The predicted octanol–water partition coefficient (Wildman–Crippen LogP) is 1.47. The van der Waals surface area contributed by atoms with Crippen LogP contribution in [0.1, 0.15) is 12.5 Å². The quantitative estimate of drug-likeness (QED) is 0.742. The Morgan fingerprint density at radius 2 is 2.32 bits per heavy atom. The average molecular weight is 282 g/mol. The molecule has 0 spiro atoms. The molecule has 2 N–H and O–H groups in total.